The van der Waals surface area contributed by atoms with Crippen molar-refractivity contribution >= 4 is 17.8 Å². The first kappa shape index (κ1) is 12.7. The van der Waals surface area contributed by atoms with Crippen LogP contribution in [0.4, 0.5) is 0 Å². The van der Waals surface area contributed by atoms with Gasteiger partial charge in [-0.05, 0) is 0 Å². The van der Waals surface area contributed by atoms with Crippen molar-refractivity contribution in [3.05, 3.63) is 18.0 Å². The number of aromatic nitrogens is 2. The number of rotatable bonds is 5. The molecule has 8 heteroatoms. The Kier molecular flexibility index (Phi) is 3.81. The minimum Gasteiger partial charge on any atom is -0.480 e. The van der Waals surface area contributed by atoms with E-state index in [0.717, 1.165) is 0 Å². The van der Waals surface area contributed by atoms with Gasteiger partial charge in [-0.2, -0.15) is 5.10 Å². The first-order chi connectivity index (χ1) is 7.90. The SMILES string of the molecule is CC(=O)NC(Cn1cc(C(N)=O)cn1)C(=O)O. The Morgan fingerprint density at radius 3 is 2.65 bits per heavy atom. The van der Waals surface area contributed by atoms with Crippen molar-refractivity contribution in [1.82, 2.24) is 15.1 Å². The van der Waals surface area contributed by atoms with Crippen LogP contribution in [0.3, 0.4) is 0 Å². The number of aliphatic carboxylic acids is 1. The first-order valence-electron chi connectivity index (χ1n) is 4.72. The van der Waals surface area contributed by atoms with Crippen molar-refractivity contribution < 1.29 is 19.5 Å². The van der Waals surface area contributed by atoms with E-state index in [4.69, 9.17) is 10.8 Å². The van der Waals surface area contributed by atoms with Gasteiger partial charge in [0.15, 0.2) is 0 Å². The number of carbonyl (C=O) groups excluding carboxylic acids is 2. The molecule has 1 unspecified atom stereocenters. The fourth-order valence-electron chi connectivity index (χ4n) is 1.21. The molecular weight excluding hydrogens is 228 g/mol. The normalized spacial score (nSPS) is 11.8. The van der Waals surface area contributed by atoms with Crippen LogP contribution in [0.2, 0.25) is 0 Å². The molecule has 0 aromatic carbocycles. The van der Waals surface area contributed by atoms with Crippen molar-refractivity contribution in [2.45, 2.75) is 19.5 Å². The molecule has 8 nitrogen and oxygen atoms in total. The molecule has 0 radical (unpaired) electrons. The van der Waals surface area contributed by atoms with Crippen LogP contribution in [0, 0.1) is 0 Å². The molecule has 2 amide bonds. The van der Waals surface area contributed by atoms with Crippen molar-refractivity contribution in [3.8, 4) is 0 Å². The molecule has 0 spiro atoms. The van der Waals surface area contributed by atoms with Crippen LogP contribution in [0.1, 0.15) is 17.3 Å². The summed E-state index contributed by atoms with van der Waals surface area (Å²) in [6.07, 6.45) is 2.55. The van der Waals surface area contributed by atoms with E-state index in [9.17, 15) is 14.4 Å². The summed E-state index contributed by atoms with van der Waals surface area (Å²) in [5, 5.41) is 14.9. The predicted molar refractivity (Wildman–Crippen MR) is 56.0 cm³/mol. The summed E-state index contributed by atoms with van der Waals surface area (Å²) in [5.74, 6) is -2.29. The van der Waals surface area contributed by atoms with Gasteiger partial charge >= 0.3 is 5.97 Å². The average Bonchev–Trinajstić information content (AvgIpc) is 2.64. The Morgan fingerprint density at radius 2 is 2.24 bits per heavy atom. The van der Waals surface area contributed by atoms with E-state index in [1.165, 1.54) is 24.0 Å². The Hall–Kier alpha value is -2.38. The van der Waals surface area contributed by atoms with Gasteiger partial charge in [-0.3, -0.25) is 14.3 Å². The van der Waals surface area contributed by atoms with Gasteiger partial charge in [0.05, 0.1) is 18.3 Å². The summed E-state index contributed by atoms with van der Waals surface area (Å²) in [6.45, 7) is 1.13. The number of primary amides is 1. The molecule has 0 saturated heterocycles. The lowest BCUT2D eigenvalue weighted by Crippen LogP contribution is -2.42. The zero-order valence-electron chi connectivity index (χ0n) is 9.08. The van der Waals surface area contributed by atoms with Crippen molar-refractivity contribution in [2.24, 2.45) is 5.73 Å². The lowest BCUT2D eigenvalue weighted by Gasteiger charge is -2.12. The lowest BCUT2D eigenvalue weighted by molar-refractivity contribution is -0.142. The molecule has 0 aliphatic carbocycles. The van der Waals surface area contributed by atoms with Gasteiger partial charge < -0.3 is 16.2 Å². The molecule has 1 atom stereocenters. The van der Waals surface area contributed by atoms with Gasteiger partial charge in [-0.1, -0.05) is 0 Å². The van der Waals surface area contributed by atoms with E-state index in [2.05, 4.69) is 10.4 Å². The molecule has 1 rings (SSSR count). The topological polar surface area (TPSA) is 127 Å². The summed E-state index contributed by atoms with van der Waals surface area (Å²) >= 11 is 0. The number of carboxylic acid groups (broad SMARTS) is 1. The van der Waals surface area contributed by atoms with Gasteiger partial charge in [0.1, 0.15) is 6.04 Å². The third-order valence-electron chi connectivity index (χ3n) is 1.96. The number of hydrogen-bond donors (Lipinski definition) is 3. The van der Waals surface area contributed by atoms with Crippen molar-refractivity contribution in [2.75, 3.05) is 0 Å². The van der Waals surface area contributed by atoms with E-state index < -0.39 is 23.8 Å². The Morgan fingerprint density at radius 1 is 1.59 bits per heavy atom. The molecule has 0 saturated carbocycles. The Balaban J connectivity index is 2.75. The molecule has 92 valence electrons. The fourth-order valence-corrected chi connectivity index (χ4v) is 1.21. The number of nitrogens with one attached hydrogen (secondary N) is 1. The first-order valence-corrected chi connectivity index (χ1v) is 4.72. The monoisotopic (exact) mass is 240 g/mol. The molecule has 0 fully saturated rings. The second-order valence-electron chi connectivity index (χ2n) is 3.41. The van der Waals surface area contributed by atoms with Crippen LogP contribution in [-0.4, -0.2) is 38.7 Å². The van der Waals surface area contributed by atoms with Crippen LogP contribution >= 0.6 is 0 Å². The van der Waals surface area contributed by atoms with E-state index in [1.54, 1.807) is 0 Å². The predicted octanol–water partition coefficient (Wildman–Crippen LogP) is -1.43. The highest BCUT2D eigenvalue weighted by Crippen LogP contribution is 1.98. The molecular formula is C9H12N4O4. The van der Waals surface area contributed by atoms with Gasteiger partial charge in [-0.15, -0.1) is 0 Å². The van der Waals surface area contributed by atoms with Crippen molar-refractivity contribution in [1.29, 1.82) is 0 Å². The summed E-state index contributed by atoms with van der Waals surface area (Å²) in [6, 6.07) is -1.10. The van der Waals surface area contributed by atoms with E-state index in [1.807, 2.05) is 0 Å². The van der Waals surface area contributed by atoms with Crippen LogP contribution in [0.5, 0.6) is 0 Å². The standard InChI is InChI=1S/C9H12N4O4/c1-5(14)12-7(9(16)17)4-13-3-6(2-11-13)8(10)15/h2-3,7H,4H2,1H3,(H2,10,15)(H,12,14)(H,16,17). The number of carbonyl (C=O) groups is 3. The molecule has 0 aliphatic heterocycles. The molecule has 0 aliphatic rings. The molecule has 1 aromatic heterocycles. The number of nitrogens with zero attached hydrogens (tertiary/aromatic N) is 2. The fraction of sp³-hybridized carbons (Fsp3) is 0.333. The highest BCUT2D eigenvalue weighted by molar-refractivity contribution is 5.92. The second-order valence-corrected chi connectivity index (χ2v) is 3.41. The van der Waals surface area contributed by atoms with Crippen LogP contribution in [-0.2, 0) is 16.1 Å². The van der Waals surface area contributed by atoms with Gasteiger partial charge in [0.25, 0.3) is 5.91 Å². The van der Waals surface area contributed by atoms with Crippen LogP contribution < -0.4 is 11.1 Å². The van der Waals surface area contributed by atoms with Crippen LogP contribution in [0.15, 0.2) is 12.4 Å². The highest BCUT2D eigenvalue weighted by atomic mass is 16.4. The minimum absolute atomic E-state index is 0.0812. The zero-order chi connectivity index (χ0) is 13.0. The lowest BCUT2D eigenvalue weighted by atomic mass is 10.3. The van der Waals surface area contributed by atoms with E-state index in [-0.39, 0.29) is 12.1 Å². The number of amides is 2. The zero-order valence-corrected chi connectivity index (χ0v) is 9.08. The summed E-state index contributed by atoms with van der Waals surface area (Å²) in [4.78, 5) is 32.4. The third-order valence-corrected chi connectivity index (χ3v) is 1.96. The highest BCUT2D eigenvalue weighted by Gasteiger charge is 2.19. The summed E-state index contributed by atoms with van der Waals surface area (Å²) in [5.41, 5.74) is 5.20. The summed E-state index contributed by atoms with van der Waals surface area (Å²) < 4.78 is 1.23. The van der Waals surface area contributed by atoms with Gasteiger partial charge in [0.2, 0.25) is 5.91 Å². The maximum Gasteiger partial charge on any atom is 0.328 e. The number of hydrogen-bond acceptors (Lipinski definition) is 4. The number of carboxylic acids is 1. The maximum absolute atomic E-state index is 10.8. The second kappa shape index (κ2) is 5.10. The summed E-state index contributed by atoms with van der Waals surface area (Å²) in [7, 11) is 0. The van der Waals surface area contributed by atoms with E-state index in [0.29, 0.717) is 0 Å². The molecule has 1 heterocycles. The smallest absolute Gasteiger partial charge is 0.328 e. The molecule has 0 bridgehead atoms. The molecule has 4 N–H and O–H groups in total. The van der Waals surface area contributed by atoms with Gasteiger partial charge in [0, 0.05) is 13.1 Å². The molecule has 1 aromatic rings. The Bertz CT molecular complexity index is 454. The third kappa shape index (κ3) is 3.59. The van der Waals surface area contributed by atoms with Crippen LogP contribution in [0.25, 0.3) is 0 Å². The largest absolute Gasteiger partial charge is 0.480 e. The number of nitrogens with two attached hydrogens (primary N) is 1. The molecule has 17 heavy (non-hydrogen) atoms. The average molecular weight is 240 g/mol. The minimum atomic E-state index is -1.18. The van der Waals surface area contributed by atoms with E-state index >= 15 is 0 Å². The maximum atomic E-state index is 10.8. The van der Waals surface area contributed by atoms with Gasteiger partial charge in [-0.25, -0.2) is 4.79 Å². The quantitative estimate of drug-likeness (QED) is 0.581. The Labute approximate surface area is 96.4 Å². The van der Waals surface area contributed by atoms with Crippen molar-refractivity contribution in [3.63, 3.8) is 0 Å².